The Morgan fingerprint density at radius 2 is 2.15 bits per heavy atom. The number of rotatable bonds is 1. The van der Waals surface area contributed by atoms with Crippen LogP contribution in [0.25, 0.3) is 11.0 Å². The highest BCUT2D eigenvalue weighted by Gasteiger charge is 2.43. The lowest BCUT2D eigenvalue weighted by Gasteiger charge is -2.26. The predicted octanol–water partition coefficient (Wildman–Crippen LogP) is 3.87. The molecule has 1 fully saturated rings. The van der Waals surface area contributed by atoms with E-state index in [0.717, 1.165) is 26.7 Å². The zero-order chi connectivity index (χ0) is 19.3. The quantitative estimate of drug-likeness (QED) is 0.628. The van der Waals surface area contributed by atoms with Crippen LogP contribution in [0.1, 0.15) is 33.2 Å². The maximum atomic E-state index is 12.8. The summed E-state index contributed by atoms with van der Waals surface area (Å²) in [5.41, 5.74) is 7.33. The number of anilines is 1. The number of nitrogens with two attached hydrogens (primary N) is 1. The predicted molar refractivity (Wildman–Crippen MR) is 112 cm³/mol. The maximum absolute atomic E-state index is 12.8. The Kier molecular flexibility index (Phi) is 4.40. The number of hydrogen-bond acceptors (Lipinski definition) is 5. The van der Waals surface area contributed by atoms with Crippen molar-refractivity contribution >= 4 is 45.5 Å². The van der Waals surface area contributed by atoms with E-state index in [1.807, 2.05) is 32.9 Å². The van der Waals surface area contributed by atoms with E-state index in [0.29, 0.717) is 12.4 Å². The molecule has 2 atom stereocenters. The second-order valence-electron chi connectivity index (χ2n) is 7.86. The number of nitrogens with zero attached hydrogens (tertiary/aromatic N) is 4. The molecule has 1 aliphatic carbocycles. The van der Waals surface area contributed by atoms with Crippen molar-refractivity contribution in [2.75, 3.05) is 12.3 Å². The van der Waals surface area contributed by atoms with E-state index >= 15 is 0 Å². The summed E-state index contributed by atoms with van der Waals surface area (Å²) >= 11 is 2.26. The molecular weight excluding hydrogens is 457 g/mol. The maximum Gasteiger partial charge on any atom is 0.414 e. The number of likely N-dealkylation sites (tertiary alicyclic amines) is 1. The number of halogens is 1. The molecule has 0 bridgehead atoms. The van der Waals surface area contributed by atoms with Crippen molar-refractivity contribution in [1.82, 2.24) is 19.4 Å². The molecule has 4 rings (SSSR count). The number of fused-ring (bicyclic) bond motifs is 2. The molecule has 27 heavy (non-hydrogen) atoms. The average molecular weight is 479 g/mol. The largest absolute Gasteiger partial charge is 0.443 e. The fourth-order valence-corrected chi connectivity index (χ4v) is 4.61. The van der Waals surface area contributed by atoms with Gasteiger partial charge >= 0.3 is 6.09 Å². The molecule has 8 heteroatoms. The molecule has 2 aliphatic rings. The number of carbonyl (C=O) groups excluding carboxylic acids is 1. The Labute approximate surface area is 171 Å². The molecule has 0 spiro atoms. The Balaban J connectivity index is 1.75. The number of nitrogen functional groups attached to an aromatic ring is 1. The summed E-state index contributed by atoms with van der Waals surface area (Å²) in [6.07, 6.45) is 10.3. The van der Waals surface area contributed by atoms with Crippen LogP contribution in [0.4, 0.5) is 10.6 Å². The average Bonchev–Trinajstić information content (AvgIpc) is 3.12. The summed E-state index contributed by atoms with van der Waals surface area (Å²) in [6, 6.07) is 0.0639. The molecule has 1 saturated heterocycles. The standard InChI is InChI=1S/C19H22IN5O2/c1-19(2,3)27-18(26)25-9-14(11-6-4-5-7-13(11)25)24-8-12(20)15-16(21)22-10-23-17(15)24/h4-5,7-8,10-11,14H,6,9H2,1-3H3,(H2,21,22,23). The topological polar surface area (TPSA) is 86.3 Å². The van der Waals surface area contributed by atoms with Crippen molar-refractivity contribution in [3.8, 4) is 0 Å². The Morgan fingerprint density at radius 3 is 2.89 bits per heavy atom. The van der Waals surface area contributed by atoms with Crippen LogP contribution in [-0.2, 0) is 4.74 Å². The van der Waals surface area contributed by atoms with Gasteiger partial charge in [0.25, 0.3) is 0 Å². The van der Waals surface area contributed by atoms with Crippen molar-refractivity contribution in [2.24, 2.45) is 5.92 Å². The molecule has 2 N–H and O–H groups in total. The van der Waals surface area contributed by atoms with E-state index in [4.69, 9.17) is 10.5 Å². The summed E-state index contributed by atoms with van der Waals surface area (Å²) in [4.78, 5) is 23.1. The van der Waals surface area contributed by atoms with Gasteiger partial charge in [-0.2, -0.15) is 0 Å². The zero-order valence-corrected chi connectivity index (χ0v) is 17.7. The molecule has 0 aromatic carbocycles. The first-order chi connectivity index (χ1) is 12.8. The monoisotopic (exact) mass is 479 g/mol. The minimum atomic E-state index is -0.535. The SMILES string of the molecule is CC(C)(C)OC(=O)N1CC(n2cc(I)c3c(N)ncnc32)C2CC=CC=C21. The van der Waals surface area contributed by atoms with Crippen molar-refractivity contribution in [3.63, 3.8) is 0 Å². The molecule has 0 saturated carbocycles. The van der Waals surface area contributed by atoms with Gasteiger partial charge in [-0.1, -0.05) is 12.2 Å². The first kappa shape index (κ1) is 18.3. The lowest BCUT2D eigenvalue weighted by atomic mass is 9.93. The van der Waals surface area contributed by atoms with Gasteiger partial charge in [-0.3, -0.25) is 4.90 Å². The summed E-state index contributed by atoms with van der Waals surface area (Å²) in [6.45, 7) is 6.18. The Morgan fingerprint density at radius 1 is 1.37 bits per heavy atom. The molecule has 2 aromatic heterocycles. The van der Waals surface area contributed by atoms with Crippen LogP contribution in [0.5, 0.6) is 0 Å². The Bertz CT molecular complexity index is 972. The lowest BCUT2D eigenvalue weighted by Crippen LogP contribution is -2.35. The third kappa shape index (κ3) is 3.19. The van der Waals surface area contributed by atoms with Gasteiger partial charge in [0.15, 0.2) is 0 Å². The summed E-state index contributed by atoms with van der Waals surface area (Å²) in [7, 11) is 0. The molecule has 1 aliphatic heterocycles. The second-order valence-corrected chi connectivity index (χ2v) is 9.02. The number of aromatic nitrogens is 3. The van der Waals surface area contributed by atoms with Crippen molar-refractivity contribution in [1.29, 1.82) is 0 Å². The van der Waals surface area contributed by atoms with Gasteiger partial charge < -0.3 is 15.0 Å². The smallest absolute Gasteiger partial charge is 0.414 e. The molecule has 7 nitrogen and oxygen atoms in total. The summed E-state index contributed by atoms with van der Waals surface area (Å²) in [5, 5.41) is 0.866. The summed E-state index contributed by atoms with van der Waals surface area (Å²) < 4.78 is 8.78. The third-order valence-corrected chi connectivity index (χ3v) is 5.70. The van der Waals surface area contributed by atoms with Crippen molar-refractivity contribution < 1.29 is 9.53 Å². The molecule has 142 valence electrons. The van der Waals surface area contributed by atoms with Crippen LogP contribution in [0.2, 0.25) is 0 Å². The fraction of sp³-hybridized carbons (Fsp3) is 0.421. The van der Waals surface area contributed by atoms with Crippen LogP contribution in [0.3, 0.4) is 0 Å². The lowest BCUT2D eigenvalue weighted by molar-refractivity contribution is 0.0330. The first-order valence-electron chi connectivity index (χ1n) is 8.90. The Hall–Kier alpha value is -2.10. The van der Waals surface area contributed by atoms with E-state index in [9.17, 15) is 4.79 Å². The van der Waals surface area contributed by atoms with E-state index in [1.54, 1.807) is 4.90 Å². The van der Waals surface area contributed by atoms with Gasteiger partial charge in [-0.05, 0) is 55.9 Å². The van der Waals surface area contributed by atoms with E-state index in [1.165, 1.54) is 6.33 Å². The zero-order valence-electron chi connectivity index (χ0n) is 15.5. The van der Waals surface area contributed by atoms with Crippen molar-refractivity contribution in [2.45, 2.75) is 38.8 Å². The number of hydrogen-bond donors (Lipinski definition) is 1. The number of amides is 1. The molecule has 2 unspecified atom stereocenters. The van der Waals surface area contributed by atoms with E-state index < -0.39 is 5.60 Å². The van der Waals surface area contributed by atoms with Gasteiger partial charge in [-0.25, -0.2) is 14.8 Å². The third-order valence-electron chi connectivity index (χ3n) is 4.88. The van der Waals surface area contributed by atoms with E-state index in [-0.39, 0.29) is 18.1 Å². The van der Waals surface area contributed by atoms with Gasteiger partial charge in [0.2, 0.25) is 0 Å². The highest BCUT2D eigenvalue weighted by Crippen LogP contribution is 2.43. The molecule has 0 radical (unpaired) electrons. The van der Waals surface area contributed by atoms with Crippen LogP contribution in [0.15, 0.2) is 36.4 Å². The molecular formula is C19H22IN5O2. The number of allylic oxidation sites excluding steroid dienone is 4. The van der Waals surface area contributed by atoms with Crippen LogP contribution < -0.4 is 5.73 Å². The van der Waals surface area contributed by atoms with Gasteiger partial charge in [0.1, 0.15) is 23.4 Å². The van der Waals surface area contributed by atoms with Gasteiger partial charge in [-0.15, -0.1) is 0 Å². The highest BCUT2D eigenvalue weighted by atomic mass is 127. The first-order valence-corrected chi connectivity index (χ1v) is 9.98. The second kappa shape index (κ2) is 6.50. The highest BCUT2D eigenvalue weighted by molar-refractivity contribution is 14.1. The minimum absolute atomic E-state index is 0.0639. The molecule has 3 heterocycles. The van der Waals surface area contributed by atoms with Crippen LogP contribution >= 0.6 is 22.6 Å². The van der Waals surface area contributed by atoms with Crippen molar-refractivity contribution in [3.05, 3.63) is 40.0 Å². The molecule has 1 amide bonds. The van der Waals surface area contributed by atoms with Gasteiger partial charge in [0, 0.05) is 21.4 Å². The minimum Gasteiger partial charge on any atom is -0.443 e. The fourth-order valence-electron chi connectivity index (χ4n) is 3.79. The summed E-state index contributed by atoms with van der Waals surface area (Å²) in [5.74, 6) is 0.662. The van der Waals surface area contributed by atoms with E-state index in [2.05, 4.69) is 49.4 Å². The van der Waals surface area contributed by atoms with Gasteiger partial charge in [0.05, 0.1) is 18.0 Å². The normalized spacial score (nSPS) is 22.1. The number of ether oxygens (including phenoxy) is 1. The van der Waals surface area contributed by atoms with Crippen LogP contribution in [-0.4, -0.2) is 37.7 Å². The van der Waals surface area contributed by atoms with Crippen LogP contribution in [0, 0.1) is 9.49 Å². The molecule has 2 aromatic rings. The number of carbonyl (C=O) groups is 1.